The molecular weight excluding hydrogens is 382 g/mol. The van der Waals surface area contributed by atoms with Gasteiger partial charge in [-0.3, -0.25) is 0 Å². The molecule has 0 radical (unpaired) electrons. The number of carboxylic acids is 1. The molecule has 4 N–H and O–H groups in total. The van der Waals surface area contributed by atoms with Crippen LogP contribution >= 0.6 is 15.9 Å². The van der Waals surface area contributed by atoms with Crippen molar-refractivity contribution in [1.82, 2.24) is 4.98 Å². The van der Waals surface area contributed by atoms with Crippen molar-refractivity contribution in [2.45, 2.75) is 31.8 Å². The average Bonchev–Trinajstić information content (AvgIpc) is 2.43. The quantitative estimate of drug-likeness (QED) is 0.312. The first-order valence-electron chi connectivity index (χ1n) is 7.26. The normalized spacial score (nSPS) is 12.9. The van der Waals surface area contributed by atoms with Gasteiger partial charge in [0.2, 0.25) is 0 Å². The summed E-state index contributed by atoms with van der Waals surface area (Å²) in [5, 5.41) is 12.1. The van der Waals surface area contributed by atoms with Gasteiger partial charge < -0.3 is 25.6 Å². The monoisotopic (exact) mass is 405 g/mol. The molecule has 0 aliphatic carbocycles. The second kappa shape index (κ2) is 9.21. The topological polar surface area (TPSA) is 107 Å². The Morgan fingerprint density at radius 3 is 2.83 bits per heavy atom. The summed E-state index contributed by atoms with van der Waals surface area (Å²) in [7, 11) is -1.16. The summed E-state index contributed by atoms with van der Waals surface area (Å²) in [6, 6.07) is 2.73. The van der Waals surface area contributed by atoms with Crippen molar-refractivity contribution >= 4 is 41.5 Å². The third-order valence-electron chi connectivity index (χ3n) is 2.99. The Labute approximate surface area is 145 Å². The molecule has 1 aromatic heterocycles. The molecule has 9 heteroatoms. The Morgan fingerprint density at radius 1 is 1.52 bits per heavy atom. The number of carboxylic acid groups (broad SMARTS) is 1. The number of rotatable bonds is 10. The van der Waals surface area contributed by atoms with Gasteiger partial charge in [-0.2, -0.15) is 0 Å². The molecule has 130 valence electrons. The fourth-order valence-electron chi connectivity index (χ4n) is 1.58. The van der Waals surface area contributed by atoms with Gasteiger partial charge in [-0.05, 0) is 28.0 Å². The molecule has 23 heavy (non-hydrogen) atoms. The summed E-state index contributed by atoms with van der Waals surface area (Å²) in [4.78, 5) is 15.2. The van der Waals surface area contributed by atoms with Gasteiger partial charge in [0, 0.05) is 25.4 Å². The smallest absolute Gasteiger partial charge is 0.334 e. The fraction of sp³-hybridized carbons (Fsp3) is 0.571. The lowest BCUT2D eigenvalue weighted by Gasteiger charge is -2.18. The minimum absolute atomic E-state index is 0.0463. The highest BCUT2D eigenvalue weighted by atomic mass is 79.9. The number of hydrogen-bond donors (Lipinski definition) is 3. The molecule has 1 heterocycles. The van der Waals surface area contributed by atoms with Gasteiger partial charge in [0.1, 0.15) is 12.6 Å². The summed E-state index contributed by atoms with van der Waals surface area (Å²) in [5.74, 6) is -0.767. The lowest BCUT2D eigenvalue weighted by Crippen LogP contribution is -2.33. The van der Waals surface area contributed by atoms with Gasteiger partial charge in [0.25, 0.3) is 0 Å². The van der Waals surface area contributed by atoms with Crippen LogP contribution in [0.15, 0.2) is 16.7 Å². The first-order valence-corrected chi connectivity index (χ1v) is 11.8. The number of anilines is 2. The van der Waals surface area contributed by atoms with Gasteiger partial charge >= 0.3 is 5.97 Å². The van der Waals surface area contributed by atoms with E-state index in [1.54, 1.807) is 12.3 Å². The molecule has 0 bridgehead atoms. The van der Waals surface area contributed by atoms with Crippen molar-refractivity contribution in [2.24, 2.45) is 0 Å². The number of aliphatic carboxylic acids is 1. The Balaban J connectivity index is 2.40. The zero-order valence-corrected chi connectivity index (χ0v) is 16.2. The zero-order valence-electron chi connectivity index (χ0n) is 13.6. The number of halogens is 1. The van der Waals surface area contributed by atoms with E-state index in [1.807, 2.05) is 0 Å². The van der Waals surface area contributed by atoms with Crippen molar-refractivity contribution in [3.63, 3.8) is 0 Å². The molecule has 0 aliphatic heterocycles. The second-order valence-corrected chi connectivity index (χ2v) is 12.8. The maximum absolute atomic E-state index is 11.2. The second-order valence-electron chi connectivity index (χ2n) is 6.30. The molecule has 0 fully saturated rings. The number of nitrogens with one attached hydrogen (secondary N) is 1. The molecule has 1 rings (SSSR count). The predicted octanol–water partition coefficient (Wildman–Crippen LogP) is 2.62. The van der Waals surface area contributed by atoms with E-state index in [-0.39, 0.29) is 13.3 Å². The average molecular weight is 406 g/mol. The molecule has 0 spiro atoms. The Morgan fingerprint density at radius 2 is 2.22 bits per heavy atom. The van der Waals surface area contributed by atoms with Crippen LogP contribution < -0.4 is 11.1 Å². The van der Waals surface area contributed by atoms with Crippen molar-refractivity contribution < 1.29 is 19.4 Å². The standard InChI is InChI=1S/C14H24BrN3O4Si/c1-23(2,3)5-4-21-9-22-12(14(19)20)8-17-11-6-10(15)7-18-13(11)16/h6-7,12,17H,4-5,8-9H2,1-3H3,(H2,16,18)(H,19,20). The lowest BCUT2D eigenvalue weighted by molar-refractivity contribution is -0.158. The van der Waals surface area contributed by atoms with E-state index in [9.17, 15) is 9.90 Å². The van der Waals surface area contributed by atoms with Crippen molar-refractivity contribution in [1.29, 1.82) is 0 Å². The van der Waals surface area contributed by atoms with Gasteiger partial charge in [-0.1, -0.05) is 19.6 Å². The van der Waals surface area contributed by atoms with Crippen molar-refractivity contribution in [2.75, 3.05) is 31.0 Å². The summed E-state index contributed by atoms with van der Waals surface area (Å²) in [6.45, 7) is 7.34. The van der Waals surface area contributed by atoms with E-state index in [0.29, 0.717) is 18.1 Å². The Bertz CT molecular complexity index is 525. The molecule has 0 saturated carbocycles. The molecule has 0 saturated heterocycles. The minimum atomic E-state index is -1.16. The first-order chi connectivity index (χ1) is 10.7. The largest absolute Gasteiger partial charge is 0.479 e. The Kier molecular flexibility index (Phi) is 7.96. The highest BCUT2D eigenvalue weighted by Gasteiger charge is 2.19. The van der Waals surface area contributed by atoms with Gasteiger partial charge in [0.05, 0.1) is 12.2 Å². The fourth-order valence-corrected chi connectivity index (χ4v) is 2.67. The number of nitrogens with two attached hydrogens (primary N) is 1. The van der Waals surface area contributed by atoms with Crippen LogP contribution in [0.4, 0.5) is 11.5 Å². The summed E-state index contributed by atoms with van der Waals surface area (Å²) in [5.41, 5.74) is 6.28. The number of carbonyl (C=O) groups is 1. The van der Waals surface area contributed by atoms with Crippen molar-refractivity contribution in [3.05, 3.63) is 16.7 Å². The van der Waals surface area contributed by atoms with Gasteiger partial charge in [-0.25, -0.2) is 9.78 Å². The molecule has 1 atom stereocenters. The van der Waals surface area contributed by atoms with Crippen LogP contribution in [0.25, 0.3) is 0 Å². The SMILES string of the molecule is C[Si](C)(C)CCOCOC(CNc1cc(Br)cnc1N)C(=O)O. The van der Waals surface area contributed by atoms with Crippen LogP contribution in [0, 0.1) is 0 Å². The third-order valence-corrected chi connectivity index (χ3v) is 5.13. The number of hydrogen-bond acceptors (Lipinski definition) is 6. The van der Waals surface area contributed by atoms with E-state index < -0.39 is 20.1 Å². The molecule has 0 amide bonds. The maximum Gasteiger partial charge on any atom is 0.334 e. The van der Waals surface area contributed by atoms with E-state index in [4.69, 9.17) is 15.2 Å². The van der Waals surface area contributed by atoms with E-state index in [1.165, 1.54) is 0 Å². The molecule has 7 nitrogen and oxygen atoms in total. The first kappa shape index (κ1) is 19.9. The third kappa shape index (κ3) is 8.31. The van der Waals surface area contributed by atoms with Crippen LogP contribution in [-0.4, -0.2) is 50.2 Å². The molecular formula is C14H24BrN3O4Si. The zero-order chi connectivity index (χ0) is 17.5. The van der Waals surface area contributed by atoms with Crippen LogP contribution in [0.5, 0.6) is 0 Å². The molecule has 0 aromatic carbocycles. The lowest BCUT2D eigenvalue weighted by atomic mass is 10.3. The summed E-state index contributed by atoms with van der Waals surface area (Å²) < 4.78 is 11.4. The number of nitrogen functional groups attached to an aromatic ring is 1. The summed E-state index contributed by atoms with van der Waals surface area (Å²) >= 11 is 3.29. The van der Waals surface area contributed by atoms with Crippen LogP contribution in [-0.2, 0) is 14.3 Å². The number of nitrogens with zero attached hydrogens (tertiary/aromatic N) is 1. The van der Waals surface area contributed by atoms with Gasteiger partial charge in [0.15, 0.2) is 6.10 Å². The summed E-state index contributed by atoms with van der Waals surface area (Å²) in [6.07, 6.45) is 0.540. The maximum atomic E-state index is 11.2. The minimum Gasteiger partial charge on any atom is -0.479 e. The molecule has 0 aliphatic rings. The molecule has 1 aromatic rings. The van der Waals surface area contributed by atoms with E-state index >= 15 is 0 Å². The molecule has 1 unspecified atom stereocenters. The van der Waals surface area contributed by atoms with Gasteiger partial charge in [-0.15, -0.1) is 0 Å². The van der Waals surface area contributed by atoms with Crippen LogP contribution in [0.1, 0.15) is 0 Å². The van der Waals surface area contributed by atoms with Crippen LogP contribution in [0.3, 0.4) is 0 Å². The number of aromatic nitrogens is 1. The van der Waals surface area contributed by atoms with Crippen molar-refractivity contribution in [3.8, 4) is 0 Å². The number of ether oxygens (including phenoxy) is 2. The number of pyridine rings is 1. The van der Waals surface area contributed by atoms with Crippen LogP contribution in [0.2, 0.25) is 25.7 Å². The Hall–Kier alpha value is -1.16. The van der Waals surface area contributed by atoms with E-state index in [0.717, 1.165) is 10.5 Å². The highest BCUT2D eigenvalue weighted by Crippen LogP contribution is 2.20. The highest BCUT2D eigenvalue weighted by molar-refractivity contribution is 9.10. The predicted molar refractivity (Wildman–Crippen MR) is 96.3 cm³/mol. The van der Waals surface area contributed by atoms with E-state index in [2.05, 4.69) is 45.9 Å².